The van der Waals surface area contributed by atoms with Crippen LogP contribution in [0.1, 0.15) is 16.5 Å². The summed E-state index contributed by atoms with van der Waals surface area (Å²) in [7, 11) is 3.21. The van der Waals surface area contributed by atoms with Gasteiger partial charge in [-0.1, -0.05) is 33.6 Å². The summed E-state index contributed by atoms with van der Waals surface area (Å²) in [6.45, 7) is 0. The molecule has 0 heterocycles. The van der Waals surface area contributed by atoms with Gasteiger partial charge in [-0.05, 0) is 30.3 Å². The summed E-state index contributed by atoms with van der Waals surface area (Å²) in [5.41, 5.74) is 1.71. The second-order valence-electron chi connectivity index (χ2n) is 4.14. The van der Waals surface area contributed by atoms with Crippen LogP contribution in [0.25, 0.3) is 0 Å². The SMILES string of the molecule is COc1cc(Cl)ccc1C(Cl)c1cc(Br)ccc1OC. The molecule has 0 saturated heterocycles. The summed E-state index contributed by atoms with van der Waals surface area (Å²) in [5.74, 6) is 1.38. The van der Waals surface area contributed by atoms with Crippen LogP contribution in [0.15, 0.2) is 40.9 Å². The number of alkyl halides is 1. The minimum atomic E-state index is -0.394. The first kappa shape index (κ1) is 15.5. The molecular weight excluding hydrogens is 363 g/mol. The number of benzene rings is 2. The standard InChI is InChI=1S/C15H13BrCl2O2/c1-19-13-6-3-9(16)7-12(13)15(18)11-5-4-10(17)8-14(11)20-2/h3-8,15H,1-2H3. The molecule has 2 rings (SSSR count). The molecule has 1 atom stereocenters. The molecule has 5 heteroatoms. The smallest absolute Gasteiger partial charge is 0.125 e. The third kappa shape index (κ3) is 3.22. The number of halogens is 3. The van der Waals surface area contributed by atoms with Crippen LogP contribution >= 0.6 is 39.1 Å². The highest BCUT2D eigenvalue weighted by Crippen LogP contribution is 2.41. The molecule has 0 aromatic heterocycles. The largest absolute Gasteiger partial charge is 0.496 e. The molecule has 1 unspecified atom stereocenters. The molecule has 0 N–H and O–H groups in total. The highest BCUT2D eigenvalue weighted by atomic mass is 79.9. The van der Waals surface area contributed by atoms with Crippen LogP contribution < -0.4 is 9.47 Å². The fraction of sp³-hybridized carbons (Fsp3) is 0.200. The Morgan fingerprint density at radius 1 is 0.950 bits per heavy atom. The second kappa shape index (κ2) is 6.70. The van der Waals surface area contributed by atoms with Crippen molar-refractivity contribution in [1.29, 1.82) is 0 Å². The maximum absolute atomic E-state index is 6.60. The minimum Gasteiger partial charge on any atom is -0.496 e. The Kier molecular flexibility index (Phi) is 5.19. The third-order valence-electron chi connectivity index (χ3n) is 2.93. The van der Waals surface area contributed by atoms with Gasteiger partial charge in [0.2, 0.25) is 0 Å². The summed E-state index contributed by atoms with van der Waals surface area (Å²) >= 11 is 16.0. The number of methoxy groups -OCH3 is 2. The predicted octanol–water partition coefficient (Wildman–Crippen LogP) is 5.45. The zero-order valence-corrected chi connectivity index (χ0v) is 14.1. The maximum Gasteiger partial charge on any atom is 0.125 e. The Hall–Kier alpha value is -0.900. The topological polar surface area (TPSA) is 18.5 Å². The zero-order chi connectivity index (χ0) is 14.7. The maximum atomic E-state index is 6.60. The Bertz CT molecular complexity index is 617. The van der Waals surface area contributed by atoms with Crippen LogP contribution in [0.5, 0.6) is 11.5 Å². The first-order valence-corrected chi connectivity index (χ1v) is 7.48. The first-order chi connectivity index (χ1) is 9.56. The summed E-state index contributed by atoms with van der Waals surface area (Å²) in [4.78, 5) is 0. The van der Waals surface area contributed by atoms with Gasteiger partial charge in [0.15, 0.2) is 0 Å². The molecule has 0 aliphatic heterocycles. The van der Waals surface area contributed by atoms with Gasteiger partial charge in [0.25, 0.3) is 0 Å². The van der Waals surface area contributed by atoms with E-state index in [4.69, 9.17) is 32.7 Å². The van der Waals surface area contributed by atoms with Crippen molar-refractivity contribution in [1.82, 2.24) is 0 Å². The highest BCUT2D eigenvalue weighted by molar-refractivity contribution is 9.10. The molecule has 0 spiro atoms. The summed E-state index contributed by atoms with van der Waals surface area (Å²) in [6.07, 6.45) is 0. The molecule has 2 nitrogen and oxygen atoms in total. The van der Waals surface area contributed by atoms with Crippen LogP contribution in [0.2, 0.25) is 5.02 Å². The Balaban J connectivity index is 2.51. The lowest BCUT2D eigenvalue weighted by Crippen LogP contribution is -2.00. The molecule has 0 aliphatic rings. The van der Waals surface area contributed by atoms with Gasteiger partial charge >= 0.3 is 0 Å². The van der Waals surface area contributed by atoms with Crippen LogP contribution in [0, 0.1) is 0 Å². The molecule has 0 bridgehead atoms. The molecular formula is C15H13BrCl2O2. The summed E-state index contributed by atoms with van der Waals surface area (Å²) in [5, 5.41) is 0.213. The van der Waals surface area contributed by atoms with E-state index in [1.807, 2.05) is 24.3 Å². The van der Waals surface area contributed by atoms with Crippen molar-refractivity contribution < 1.29 is 9.47 Å². The molecule has 0 aliphatic carbocycles. The number of ether oxygens (including phenoxy) is 2. The van der Waals surface area contributed by atoms with Gasteiger partial charge in [-0.3, -0.25) is 0 Å². The number of hydrogen-bond acceptors (Lipinski definition) is 2. The van der Waals surface area contributed by atoms with Crippen LogP contribution in [-0.2, 0) is 0 Å². The quantitative estimate of drug-likeness (QED) is 0.661. The van der Waals surface area contributed by atoms with E-state index in [-0.39, 0.29) is 0 Å². The fourth-order valence-electron chi connectivity index (χ4n) is 1.97. The lowest BCUT2D eigenvalue weighted by Gasteiger charge is -2.17. The van der Waals surface area contributed by atoms with E-state index in [0.717, 1.165) is 21.3 Å². The molecule has 0 fully saturated rings. The van der Waals surface area contributed by atoms with Gasteiger partial charge in [-0.25, -0.2) is 0 Å². The van der Waals surface area contributed by atoms with Crippen molar-refractivity contribution in [2.75, 3.05) is 14.2 Å². The van der Waals surface area contributed by atoms with Gasteiger partial charge in [0.05, 0.1) is 19.6 Å². The van der Waals surface area contributed by atoms with Crippen LogP contribution in [0.4, 0.5) is 0 Å². The van der Waals surface area contributed by atoms with Crippen molar-refractivity contribution in [2.45, 2.75) is 5.38 Å². The molecule has 20 heavy (non-hydrogen) atoms. The lowest BCUT2D eigenvalue weighted by molar-refractivity contribution is 0.404. The lowest BCUT2D eigenvalue weighted by atomic mass is 10.0. The highest BCUT2D eigenvalue weighted by Gasteiger charge is 2.20. The van der Waals surface area contributed by atoms with E-state index in [1.54, 1.807) is 26.4 Å². The van der Waals surface area contributed by atoms with E-state index in [0.29, 0.717) is 10.8 Å². The van der Waals surface area contributed by atoms with E-state index in [1.165, 1.54) is 0 Å². The molecule has 2 aromatic rings. The van der Waals surface area contributed by atoms with Crippen LogP contribution in [-0.4, -0.2) is 14.2 Å². The van der Waals surface area contributed by atoms with Gasteiger partial charge in [0, 0.05) is 20.6 Å². The first-order valence-electron chi connectivity index (χ1n) is 5.87. The Morgan fingerprint density at radius 3 is 2.30 bits per heavy atom. The fourth-order valence-corrected chi connectivity index (χ4v) is 2.86. The van der Waals surface area contributed by atoms with E-state index in [9.17, 15) is 0 Å². The monoisotopic (exact) mass is 374 g/mol. The predicted molar refractivity (Wildman–Crippen MR) is 86.4 cm³/mol. The Morgan fingerprint density at radius 2 is 1.65 bits per heavy atom. The van der Waals surface area contributed by atoms with Gasteiger partial charge < -0.3 is 9.47 Å². The van der Waals surface area contributed by atoms with Crippen molar-refractivity contribution in [3.05, 3.63) is 57.0 Å². The molecule has 106 valence electrons. The minimum absolute atomic E-state index is 0.394. The molecule has 0 amide bonds. The van der Waals surface area contributed by atoms with Crippen molar-refractivity contribution in [3.63, 3.8) is 0 Å². The second-order valence-corrected chi connectivity index (χ2v) is 5.92. The van der Waals surface area contributed by atoms with E-state index >= 15 is 0 Å². The third-order valence-corrected chi connectivity index (χ3v) is 4.13. The average Bonchev–Trinajstić information content (AvgIpc) is 2.46. The summed E-state index contributed by atoms with van der Waals surface area (Å²) < 4.78 is 11.7. The Labute approximate surface area is 136 Å². The molecule has 2 aromatic carbocycles. The molecule has 0 radical (unpaired) electrons. The normalized spacial score (nSPS) is 12.1. The van der Waals surface area contributed by atoms with Gasteiger partial charge in [-0.15, -0.1) is 11.6 Å². The van der Waals surface area contributed by atoms with Crippen LogP contribution in [0.3, 0.4) is 0 Å². The summed E-state index contributed by atoms with van der Waals surface area (Å²) in [6, 6.07) is 11.1. The van der Waals surface area contributed by atoms with Crippen molar-refractivity contribution in [3.8, 4) is 11.5 Å². The van der Waals surface area contributed by atoms with E-state index in [2.05, 4.69) is 15.9 Å². The van der Waals surface area contributed by atoms with Gasteiger partial charge in [-0.2, -0.15) is 0 Å². The number of hydrogen-bond donors (Lipinski definition) is 0. The molecule has 0 saturated carbocycles. The van der Waals surface area contributed by atoms with Crippen molar-refractivity contribution >= 4 is 39.1 Å². The average molecular weight is 376 g/mol. The van der Waals surface area contributed by atoms with E-state index < -0.39 is 5.38 Å². The zero-order valence-electron chi connectivity index (χ0n) is 11.0. The number of rotatable bonds is 4. The van der Waals surface area contributed by atoms with Crippen molar-refractivity contribution in [2.24, 2.45) is 0 Å². The van der Waals surface area contributed by atoms with Gasteiger partial charge in [0.1, 0.15) is 11.5 Å².